The average Bonchev–Trinajstić information content (AvgIpc) is 3.70. The van der Waals surface area contributed by atoms with Crippen molar-refractivity contribution in [3.05, 3.63) is 230 Å². The van der Waals surface area contributed by atoms with E-state index >= 15 is 0 Å². The predicted octanol–water partition coefficient (Wildman–Crippen LogP) is 16.8. The smallest absolute Gasteiger partial charge is 0.143 e. The highest BCUT2D eigenvalue weighted by atomic mass is 16.3. The molecule has 0 saturated carbocycles. The van der Waals surface area contributed by atoms with Gasteiger partial charge in [-0.2, -0.15) is 0 Å². The highest BCUT2D eigenvalue weighted by Crippen LogP contribution is 2.49. The molecule has 0 spiro atoms. The van der Waals surface area contributed by atoms with Crippen LogP contribution in [0.15, 0.2) is 223 Å². The number of rotatable bonds is 8. The molecule has 0 bridgehead atoms. The van der Waals surface area contributed by atoms with E-state index in [0.29, 0.717) is 0 Å². The number of hydrogen-bond donors (Lipinski definition) is 0. The molecule has 290 valence electrons. The fourth-order valence-corrected chi connectivity index (χ4v) is 9.06. The fraction of sp³-hybridized carbons (Fsp3) is 0.0345. The third-order valence-electron chi connectivity index (χ3n) is 12.1. The van der Waals surface area contributed by atoms with Gasteiger partial charge in [0.05, 0.1) is 11.4 Å². The van der Waals surface area contributed by atoms with Gasteiger partial charge in [-0.25, -0.2) is 0 Å². The first kappa shape index (κ1) is 36.2. The first-order valence-corrected chi connectivity index (χ1v) is 20.9. The van der Waals surface area contributed by atoms with Crippen molar-refractivity contribution in [3.63, 3.8) is 0 Å². The minimum absolute atomic E-state index is 0.885. The second-order valence-electron chi connectivity index (χ2n) is 15.8. The molecule has 0 radical (unpaired) electrons. The Balaban J connectivity index is 1.17. The lowest BCUT2D eigenvalue weighted by Crippen LogP contribution is -2.12. The summed E-state index contributed by atoms with van der Waals surface area (Å²) in [6.07, 6.45) is 0. The van der Waals surface area contributed by atoms with Crippen molar-refractivity contribution in [3.8, 4) is 22.3 Å². The van der Waals surface area contributed by atoms with Crippen molar-refractivity contribution in [2.45, 2.75) is 13.8 Å². The van der Waals surface area contributed by atoms with Gasteiger partial charge in [-0.05, 0) is 95.8 Å². The van der Waals surface area contributed by atoms with Gasteiger partial charge in [0.15, 0.2) is 0 Å². The highest BCUT2D eigenvalue weighted by molar-refractivity contribution is 6.25. The minimum atomic E-state index is 0.885. The van der Waals surface area contributed by atoms with Crippen LogP contribution in [0.5, 0.6) is 0 Å². The van der Waals surface area contributed by atoms with Crippen LogP contribution in [0.1, 0.15) is 11.1 Å². The van der Waals surface area contributed by atoms with Crippen molar-refractivity contribution in [1.29, 1.82) is 0 Å². The summed E-state index contributed by atoms with van der Waals surface area (Å²) in [5, 5.41) is 6.52. The van der Waals surface area contributed by atoms with Crippen LogP contribution in [0.2, 0.25) is 0 Å². The Bertz CT molecular complexity index is 3140. The molecule has 61 heavy (non-hydrogen) atoms. The maximum Gasteiger partial charge on any atom is 0.143 e. The molecule has 10 aromatic carbocycles. The summed E-state index contributed by atoms with van der Waals surface area (Å²) in [7, 11) is 0. The lowest BCUT2D eigenvalue weighted by molar-refractivity contribution is 0.676. The summed E-state index contributed by atoms with van der Waals surface area (Å²) in [6.45, 7) is 4.39. The van der Waals surface area contributed by atoms with Gasteiger partial charge in [0.1, 0.15) is 11.2 Å². The number of aryl methyl sites for hydroxylation is 2. The molecular weight excluding hydrogens is 741 g/mol. The van der Waals surface area contributed by atoms with Crippen LogP contribution in [0, 0.1) is 13.8 Å². The Morgan fingerprint density at radius 3 is 1.00 bits per heavy atom. The SMILES string of the molecule is Cc1ccccc1N(c1ccc(-c2ccccc2)cc1)c1cc2c3cc(N(c4ccc(-c5ccccc5)cc4)c4ccccc4C)c4ccccc4c3oc2c2ccccc12. The van der Waals surface area contributed by atoms with E-state index in [1.165, 1.54) is 33.4 Å². The van der Waals surface area contributed by atoms with E-state index in [1.807, 2.05) is 0 Å². The monoisotopic (exact) mass is 782 g/mol. The molecule has 0 aliphatic carbocycles. The van der Waals surface area contributed by atoms with Crippen LogP contribution >= 0.6 is 0 Å². The van der Waals surface area contributed by atoms with Gasteiger partial charge < -0.3 is 14.2 Å². The van der Waals surface area contributed by atoms with Gasteiger partial charge in [0.25, 0.3) is 0 Å². The Morgan fingerprint density at radius 1 is 0.279 bits per heavy atom. The normalized spacial score (nSPS) is 11.4. The number of para-hydroxylation sites is 2. The van der Waals surface area contributed by atoms with Crippen molar-refractivity contribution in [2.24, 2.45) is 0 Å². The van der Waals surface area contributed by atoms with Crippen molar-refractivity contribution in [2.75, 3.05) is 9.80 Å². The summed E-state index contributed by atoms with van der Waals surface area (Å²) in [5.74, 6) is 0. The second kappa shape index (κ2) is 15.1. The molecule has 0 aliphatic heterocycles. The molecule has 0 N–H and O–H groups in total. The first-order chi connectivity index (χ1) is 30.1. The molecule has 3 heteroatoms. The highest BCUT2D eigenvalue weighted by Gasteiger charge is 2.25. The Labute approximate surface area is 356 Å². The largest absolute Gasteiger partial charge is 0.455 e. The van der Waals surface area contributed by atoms with Crippen LogP contribution in [0.4, 0.5) is 34.1 Å². The predicted molar refractivity (Wildman–Crippen MR) is 258 cm³/mol. The number of furan rings is 1. The Morgan fingerprint density at radius 2 is 0.607 bits per heavy atom. The Hall–Kier alpha value is -7.88. The summed E-state index contributed by atoms with van der Waals surface area (Å²) in [6, 6.07) is 78.5. The number of anilines is 6. The molecule has 1 aromatic heterocycles. The van der Waals surface area contributed by atoms with Crippen molar-refractivity contribution < 1.29 is 4.42 Å². The fourth-order valence-electron chi connectivity index (χ4n) is 9.06. The Kier molecular flexibility index (Phi) is 8.94. The van der Waals surface area contributed by atoms with Gasteiger partial charge >= 0.3 is 0 Å². The molecule has 11 aromatic rings. The summed E-state index contributed by atoms with van der Waals surface area (Å²) in [4.78, 5) is 4.83. The van der Waals surface area contributed by atoms with E-state index in [0.717, 1.165) is 77.6 Å². The summed E-state index contributed by atoms with van der Waals surface area (Å²) in [5.41, 5.74) is 15.5. The first-order valence-electron chi connectivity index (χ1n) is 20.9. The van der Waals surface area contributed by atoms with Crippen LogP contribution in [-0.4, -0.2) is 0 Å². The summed E-state index contributed by atoms with van der Waals surface area (Å²) >= 11 is 0. The van der Waals surface area contributed by atoms with Gasteiger partial charge in [-0.1, -0.05) is 170 Å². The standard InChI is InChI=1S/C58H42N2O/c1-39-17-9-15-27-53(39)59(45-33-29-43(30-34-45)41-19-5-3-6-20-41)55-37-51-52-38-56(48-24-12-14-26-50(48)58(52)61-57(51)49-25-13-11-23-47(49)55)60(54-28-16-10-18-40(54)2)46-35-31-44(32-36-46)42-21-7-4-8-22-42/h3-38H,1-2H3. The topological polar surface area (TPSA) is 19.6 Å². The minimum Gasteiger partial charge on any atom is -0.455 e. The third-order valence-corrected chi connectivity index (χ3v) is 12.1. The van der Waals surface area contributed by atoms with E-state index in [1.54, 1.807) is 0 Å². The lowest BCUT2D eigenvalue weighted by atomic mass is 9.98. The molecule has 3 nitrogen and oxygen atoms in total. The zero-order chi connectivity index (χ0) is 40.9. The zero-order valence-corrected chi connectivity index (χ0v) is 34.1. The molecule has 0 fully saturated rings. The van der Waals surface area contributed by atoms with E-state index in [2.05, 4.69) is 242 Å². The molecule has 0 atom stereocenters. The maximum atomic E-state index is 7.11. The molecule has 0 amide bonds. The number of benzene rings is 10. The van der Waals surface area contributed by atoms with Crippen molar-refractivity contribution >= 4 is 77.6 Å². The molecular formula is C58H42N2O. The average molecular weight is 783 g/mol. The number of fused-ring (bicyclic) bond motifs is 7. The molecule has 0 saturated heterocycles. The number of hydrogen-bond acceptors (Lipinski definition) is 3. The molecule has 0 unspecified atom stereocenters. The van der Waals surface area contributed by atoms with Gasteiger partial charge in [0, 0.05) is 55.1 Å². The van der Waals surface area contributed by atoms with E-state index in [4.69, 9.17) is 4.42 Å². The van der Waals surface area contributed by atoms with E-state index in [-0.39, 0.29) is 0 Å². The quantitative estimate of drug-likeness (QED) is 0.153. The molecule has 0 aliphatic rings. The molecule has 1 heterocycles. The maximum absolute atomic E-state index is 7.11. The van der Waals surface area contributed by atoms with E-state index < -0.39 is 0 Å². The second-order valence-corrected chi connectivity index (χ2v) is 15.8. The van der Waals surface area contributed by atoms with E-state index in [9.17, 15) is 0 Å². The van der Waals surface area contributed by atoms with Crippen LogP contribution in [0.3, 0.4) is 0 Å². The van der Waals surface area contributed by atoms with Crippen LogP contribution in [-0.2, 0) is 0 Å². The van der Waals surface area contributed by atoms with Crippen LogP contribution < -0.4 is 9.80 Å². The lowest BCUT2D eigenvalue weighted by Gasteiger charge is -2.29. The van der Waals surface area contributed by atoms with Crippen LogP contribution in [0.25, 0.3) is 65.7 Å². The molecule has 11 rings (SSSR count). The van der Waals surface area contributed by atoms with Gasteiger partial charge in [-0.15, -0.1) is 0 Å². The van der Waals surface area contributed by atoms with Gasteiger partial charge in [0.2, 0.25) is 0 Å². The van der Waals surface area contributed by atoms with Gasteiger partial charge in [-0.3, -0.25) is 0 Å². The summed E-state index contributed by atoms with van der Waals surface area (Å²) < 4.78 is 7.11. The number of nitrogens with zero attached hydrogens (tertiary/aromatic N) is 2. The zero-order valence-electron chi connectivity index (χ0n) is 34.1. The van der Waals surface area contributed by atoms with Crippen molar-refractivity contribution in [1.82, 2.24) is 0 Å². The third kappa shape index (κ3) is 6.30.